The first kappa shape index (κ1) is 22.8. The predicted octanol–water partition coefficient (Wildman–Crippen LogP) is 7.89. The first-order valence-electron chi connectivity index (χ1n) is 12.1. The van der Waals surface area contributed by atoms with Crippen LogP contribution in [0.15, 0.2) is 42.7 Å². The van der Waals surface area contributed by atoms with Gasteiger partial charge < -0.3 is 9.80 Å². The summed E-state index contributed by atoms with van der Waals surface area (Å²) in [5, 5.41) is 0. The second-order valence-electron chi connectivity index (χ2n) is 8.45. The van der Waals surface area contributed by atoms with Gasteiger partial charge in [-0.2, -0.15) is 0 Å². The highest BCUT2D eigenvalue weighted by Gasteiger charge is 2.26. The van der Waals surface area contributed by atoms with Crippen molar-refractivity contribution in [2.45, 2.75) is 103 Å². The zero-order valence-electron chi connectivity index (χ0n) is 18.6. The zero-order valence-corrected chi connectivity index (χ0v) is 18.6. The third-order valence-corrected chi connectivity index (χ3v) is 5.93. The maximum absolute atomic E-state index is 2.54. The number of nitrogens with zero attached hydrogens (tertiary/aromatic N) is 2. The topological polar surface area (TPSA) is 6.48 Å². The van der Waals surface area contributed by atoms with Crippen LogP contribution >= 0.6 is 0 Å². The van der Waals surface area contributed by atoms with E-state index in [2.05, 4.69) is 66.4 Å². The summed E-state index contributed by atoms with van der Waals surface area (Å²) >= 11 is 0. The Kier molecular flexibility index (Phi) is 11.9. The van der Waals surface area contributed by atoms with E-state index in [0.29, 0.717) is 6.17 Å². The van der Waals surface area contributed by atoms with Gasteiger partial charge in [0.05, 0.1) is 0 Å². The van der Waals surface area contributed by atoms with Crippen molar-refractivity contribution >= 4 is 0 Å². The molecule has 158 valence electrons. The Hall–Kier alpha value is -1.44. The first-order valence-corrected chi connectivity index (χ1v) is 12.1. The lowest BCUT2D eigenvalue weighted by molar-refractivity contribution is 0.152. The standard InChI is InChI=1S/C26H44N2/c1-3-5-6-7-8-9-10-11-12-13-14-18-22-28-24-23-27(21-4-2)26(28)25-19-16-15-17-20-25/h15-17,19-20,23-24,26H,3-14,18,21-22H2,1-2H3. The highest BCUT2D eigenvalue weighted by atomic mass is 15.4. The number of hydrogen-bond acceptors (Lipinski definition) is 2. The van der Waals surface area contributed by atoms with Crippen LogP contribution in [-0.2, 0) is 0 Å². The van der Waals surface area contributed by atoms with Crippen molar-refractivity contribution in [2.75, 3.05) is 13.1 Å². The van der Waals surface area contributed by atoms with Crippen LogP contribution in [0, 0.1) is 0 Å². The molecule has 0 N–H and O–H groups in total. The monoisotopic (exact) mass is 384 g/mol. The van der Waals surface area contributed by atoms with Crippen LogP contribution in [0.1, 0.15) is 109 Å². The number of benzene rings is 1. The average Bonchev–Trinajstić information content (AvgIpc) is 3.12. The molecule has 1 aromatic rings. The van der Waals surface area contributed by atoms with Gasteiger partial charge in [0.1, 0.15) is 6.17 Å². The maximum Gasteiger partial charge on any atom is 0.127 e. The molecular formula is C26H44N2. The summed E-state index contributed by atoms with van der Waals surface area (Å²) < 4.78 is 0. The fourth-order valence-electron chi connectivity index (χ4n) is 4.32. The van der Waals surface area contributed by atoms with Crippen molar-refractivity contribution in [2.24, 2.45) is 0 Å². The van der Waals surface area contributed by atoms with Crippen molar-refractivity contribution in [3.8, 4) is 0 Å². The van der Waals surface area contributed by atoms with E-state index in [4.69, 9.17) is 0 Å². The molecule has 0 amide bonds. The van der Waals surface area contributed by atoms with Crippen LogP contribution in [0.5, 0.6) is 0 Å². The fourth-order valence-corrected chi connectivity index (χ4v) is 4.32. The third kappa shape index (κ3) is 8.29. The Labute approximate surface area is 175 Å². The van der Waals surface area contributed by atoms with Crippen molar-refractivity contribution in [1.29, 1.82) is 0 Å². The van der Waals surface area contributed by atoms with Crippen LogP contribution in [0.4, 0.5) is 0 Å². The van der Waals surface area contributed by atoms with E-state index in [0.717, 1.165) is 6.54 Å². The minimum atomic E-state index is 0.397. The lowest BCUT2D eigenvalue weighted by Crippen LogP contribution is -2.31. The van der Waals surface area contributed by atoms with Gasteiger partial charge >= 0.3 is 0 Å². The van der Waals surface area contributed by atoms with Gasteiger partial charge in [-0.15, -0.1) is 0 Å². The molecule has 0 spiro atoms. The second kappa shape index (κ2) is 14.5. The second-order valence-corrected chi connectivity index (χ2v) is 8.45. The molecule has 0 radical (unpaired) electrons. The SMILES string of the molecule is CCCCCCCCCCCCCCN1C=CN(CCC)C1c1ccccc1. The molecule has 2 nitrogen and oxygen atoms in total. The lowest BCUT2D eigenvalue weighted by Gasteiger charge is -2.33. The largest absolute Gasteiger partial charge is 0.352 e. The lowest BCUT2D eigenvalue weighted by atomic mass is 10.1. The molecule has 0 saturated heterocycles. The Morgan fingerprint density at radius 1 is 0.571 bits per heavy atom. The molecule has 0 fully saturated rings. The normalized spacial score (nSPS) is 16.3. The molecule has 1 heterocycles. The molecule has 0 bridgehead atoms. The summed E-state index contributed by atoms with van der Waals surface area (Å²) in [5.74, 6) is 0. The van der Waals surface area contributed by atoms with E-state index in [-0.39, 0.29) is 0 Å². The number of rotatable bonds is 16. The maximum atomic E-state index is 2.54. The molecule has 1 aromatic carbocycles. The highest BCUT2D eigenvalue weighted by Crippen LogP contribution is 2.31. The molecule has 2 heteroatoms. The van der Waals surface area contributed by atoms with Gasteiger partial charge in [0.25, 0.3) is 0 Å². The molecule has 28 heavy (non-hydrogen) atoms. The molecular weight excluding hydrogens is 340 g/mol. The quantitative estimate of drug-likeness (QED) is 0.267. The number of hydrogen-bond donors (Lipinski definition) is 0. The van der Waals surface area contributed by atoms with E-state index < -0.39 is 0 Å². The summed E-state index contributed by atoms with van der Waals surface area (Å²) in [6, 6.07) is 11.0. The summed E-state index contributed by atoms with van der Waals surface area (Å²) in [5.41, 5.74) is 1.42. The highest BCUT2D eigenvalue weighted by molar-refractivity contribution is 5.21. The summed E-state index contributed by atoms with van der Waals surface area (Å²) in [6.07, 6.45) is 23.2. The summed E-state index contributed by atoms with van der Waals surface area (Å²) in [6.45, 7) is 6.87. The molecule has 1 aliphatic heterocycles. The van der Waals surface area contributed by atoms with Crippen LogP contribution in [0.2, 0.25) is 0 Å². The van der Waals surface area contributed by atoms with Crippen molar-refractivity contribution in [3.63, 3.8) is 0 Å². The molecule has 2 rings (SSSR count). The first-order chi connectivity index (χ1) is 13.9. The van der Waals surface area contributed by atoms with E-state index in [1.54, 1.807) is 0 Å². The Bertz CT molecular complexity index is 510. The van der Waals surface area contributed by atoms with Crippen LogP contribution in [-0.4, -0.2) is 22.9 Å². The Morgan fingerprint density at radius 3 is 1.61 bits per heavy atom. The molecule has 0 saturated carbocycles. The Balaban J connectivity index is 1.57. The summed E-state index contributed by atoms with van der Waals surface area (Å²) in [7, 11) is 0. The third-order valence-electron chi connectivity index (χ3n) is 5.93. The van der Waals surface area contributed by atoms with Crippen LogP contribution < -0.4 is 0 Å². The van der Waals surface area contributed by atoms with Gasteiger partial charge in [-0.05, 0) is 18.4 Å². The molecule has 0 aromatic heterocycles. The average molecular weight is 385 g/mol. The van der Waals surface area contributed by atoms with Crippen molar-refractivity contribution in [1.82, 2.24) is 9.80 Å². The van der Waals surface area contributed by atoms with Gasteiger partial charge in [-0.25, -0.2) is 0 Å². The van der Waals surface area contributed by atoms with Crippen molar-refractivity contribution < 1.29 is 0 Å². The van der Waals surface area contributed by atoms with Crippen LogP contribution in [0.3, 0.4) is 0 Å². The van der Waals surface area contributed by atoms with Gasteiger partial charge in [-0.1, -0.05) is 115 Å². The minimum Gasteiger partial charge on any atom is -0.352 e. The fraction of sp³-hybridized carbons (Fsp3) is 0.692. The summed E-state index contributed by atoms with van der Waals surface area (Å²) in [4.78, 5) is 5.04. The minimum absolute atomic E-state index is 0.397. The van der Waals surface area contributed by atoms with Crippen molar-refractivity contribution in [3.05, 3.63) is 48.3 Å². The molecule has 1 aliphatic rings. The molecule has 1 unspecified atom stereocenters. The Morgan fingerprint density at radius 2 is 1.07 bits per heavy atom. The predicted molar refractivity (Wildman–Crippen MR) is 123 cm³/mol. The van der Waals surface area contributed by atoms with Gasteiger partial charge in [0.2, 0.25) is 0 Å². The van der Waals surface area contributed by atoms with E-state index in [1.807, 2.05) is 0 Å². The van der Waals surface area contributed by atoms with Crippen LogP contribution in [0.25, 0.3) is 0 Å². The van der Waals surface area contributed by atoms with E-state index in [9.17, 15) is 0 Å². The smallest absolute Gasteiger partial charge is 0.127 e. The van der Waals surface area contributed by atoms with E-state index in [1.165, 1.54) is 95.6 Å². The van der Waals surface area contributed by atoms with E-state index >= 15 is 0 Å². The zero-order chi connectivity index (χ0) is 19.9. The van der Waals surface area contributed by atoms with Gasteiger partial charge in [0, 0.05) is 25.5 Å². The molecule has 0 aliphatic carbocycles. The molecule has 1 atom stereocenters. The van der Waals surface area contributed by atoms with Gasteiger partial charge in [-0.3, -0.25) is 0 Å². The number of unbranched alkanes of at least 4 members (excludes halogenated alkanes) is 11. The van der Waals surface area contributed by atoms with Gasteiger partial charge in [0.15, 0.2) is 0 Å².